The van der Waals surface area contributed by atoms with Gasteiger partial charge in [0.05, 0.1) is 25.2 Å². The Hall–Kier alpha value is -1.99. The summed E-state index contributed by atoms with van der Waals surface area (Å²) in [6, 6.07) is 0.343. The molecule has 2 N–H and O–H groups in total. The summed E-state index contributed by atoms with van der Waals surface area (Å²) >= 11 is 0. The fraction of sp³-hybridized carbons (Fsp3) is 0.650. The van der Waals surface area contributed by atoms with Crippen LogP contribution in [0, 0.1) is 5.41 Å². The third-order valence-corrected chi connectivity index (χ3v) is 5.70. The number of rotatable bonds is 7. The second kappa shape index (κ2) is 9.28. The monoisotopic (exact) mass is 374 g/mol. The Bertz CT molecular complexity index is 641. The van der Waals surface area contributed by atoms with Crippen LogP contribution in [0.4, 0.5) is 5.82 Å². The van der Waals surface area contributed by atoms with Crippen LogP contribution in [-0.4, -0.2) is 65.3 Å². The fourth-order valence-electron chi connectivity index (χ4n) is 4.17. The summed E-state index contributed by atoms with van der Waals surface area (Å²) in [7, 11) is 1.34. The molecule has 0 amide bonds. The van der Waals surface area contributed by atoms with Crippen molar-refractivity contribution < 1.29 is 14.6 Å². The molecule has 1 saturated heterocycles. The summed E-state index contributed by atoms with van der Waals surface area (Å²) in [5.74, 6) is 0.329. The van der Waals surface area contributed by atoms with Crippen LogP contribution in [0.25, 0.3) is 6.08 Å². The lowest BCUT2D eigenvalue weighted by molar-refractivity contribution is -0.134. The molecular weight excluding hydrogens is 344 g/mol. The van der Waals surface area contributed by atoms with Gasteiger partial charge in [0, 0.05) is 43.8 Å². The molecule has 0 bridgehead atoms. The lowest BCUT2D eigenvalue weighted by Gasteiger charge is -2.38. The van der Waals surface area contributed by atoms with Crippen molar-refractivity contribution >= 4 is 17.9 Å². The number of carbonyl (C=O) groups is 1. The summed E-state index contributed by atoms with van der Waals surface area (Å²) < 4.78 is 4.56. The summed E-state index contributed by atoms with van der Waals surface area (Å²) in [6.07, 6.45) is 13.4. The Labute approximate surface area is 160 Å². The Morgan fingerprint density at radius 3 is 2.85 bits per heavy atom. The van der Waals surface area contributed by atoms with Gasteiger partial charge in [0.2, 0.25) is 0 Å². The predicted octanol–water partition coefficient (Wildman–Crippen LogP) is 2.09. The minimum atomic E-state index is -0.413. The van der Waals surface area contributed by atoms with Crippen molar-refractivity contribution in [2.45, 2.75) is 44.6 Å². The van der Waals surface area contributed by atoms with Crippen molar-refractivity contribution in [2.75, 3.05) is 38.7 Å². The number of nitrogens with one attached hydrogen (secondary N) is 1. The standard InChI is InChI=1S/C20H30N4O3/c1-27-19(26)6-5-16-11-22-18(12-21-16)23-17-7-10-24(13-17)14-20(15-25)8-3-2-4-9-20/h5-6,11-12,17,25H,2-4,7-10,13-15H2,1H3,(H,22,23)/b6-5+/t17-/m1/s1. The number of nitrogens with zero attached hydrogens (tertiary/aromatic N) is 3. The predicted molar refractivity (Wildman–Crippen MR) is 104 cm³/mol. The number of esters is 1. The minimum absolute atomic E-state index is 0.0978. The van der Waals surface area contributed by atoms with Crippen LogP contribution >= 0.6 is 0 Å². The molecule has 2 heterocycles. The number of ether oxygens (including phenoxy) is 1. The van der Waals surface area contributed by atoms with Crippen molar-refractivity contribution in [2.24, 2.45) is 5.41 Å². The number of likely N-dealkylation sites (tertiary alicyclic amines) is 1. The van der Waals surface area contributed by atoms with Gasteiger partial charge in [-0.25, -0.2) is 9.78 Å². The first kappa shape index (κ1) is 19.8. The average Bonchev–Trinajstić information content (AvgIpc) is 3.14. The van der Waals surface area contributed by atoms with Crippen LogP contribution in [0.5, 0.6) is 0 Å². The van der Waals surface area contributed by atoms with Gasteiger partial charge in [-0.05, 0) is 25.3 Å². The molecule has 1 aliphatic carbocycles. The third kappa shape index (κ3) is 5.49. The molecule has 3 rings (SSSR count). The van der Waals surface area contributed by atoms with E-state index in [1.165, 1.54) is 32.4 Å². The number of aromatic nitrogens is 2. The molecule has 7 heteroatoms. The number of methoxy groups -OCH3 is 1. The van der Waals surface area contributed by atoms with Gasteiger partial charge >= 0.3 is 5.97 Å². The zero-order valence-corrected chi connectivity index (χ0v) is 16.1. The molecule has 2 fully saturated rings. The Kier molecular flexibility index (Phi) is 6.79. The Morgan fingerprint density at radius 2 is 2.19 bits per heavy atom. The summed E-state index contributed by atoms with van der Waals surface area (Å²) in [4.78, 5) is 22.3. The van der Waals surface area contributed by atoms with Crippen molar-refractivity contribution in [3.8, 4) is 0 Å². The number of aliphatic hydroxyl groups is 1. The van der Waals surface area contributed by atoms with E-state index in [0.29, 0.717) is 18.3 Å². The summed E-state index contributed by atoms with van der Waals surface area (Å²) in [5.41, 5.74) is 0.710. The first-order valence-electron chi connectivity index (χ1n) is 9.80. The average molecular weight is 374 g/mol. The van der Waals surface area contributed by atoms with E-state index >= 15 is 0 Å². The van der Waals surface area contributed by atoms with Crippen LogP contribution in [-0.2, 0) is 9.53 Å². The summed E-state index contributed by atoms with van der Waals surface area (Å²) in [5, 5.41) is 13.4. The molecule has 27 heavy (non-hydrogen) atoms. The van der Waals surface area contributed by atoms with E-state index in [9.17, 15) is 9.90 Å². The van der Waals surface area contributed by atoms with Gasteiger partial charge in [-0.2, -0.15) is 0 Å². The maximum atomic E-state index is 11.1. The zero-order valence-electron chi connectivity index (χ0n) is 16.1. The molecule has 148 valence electrons. The highest BCUT2D eigenvalue weighted by atomic mass is 16.5. The normalized spacial score (nSPS) is 22.8. The molecule has 1 aliphatic heterocycles. The number of hydrogen-bond acceptors (Lipinski definition) is 7. The zero-order chi connectivity index (χ0) is 19.1. The quantitative estimate of drug-likeness (QED) is 0.558. The van der Waals surface area contributed by atoms with Gasteiger partial charge in [0.15, 0.2) is 0 Å². The number of carbonyl (C=O) groups excluding carboxylic acids is 1. The Morgan fingerprint density at radius 1 is 1.37 bits per heavy atom. The first-order chi connectivity index (χ1) is 13.1. The van der Waals surface area contributed by atoms with Gasteiger partial charge in [0.1, 0.15) is 5.82 Å². The van der Waals surface area contributed by atoms with E-state index in [2.05, 4.69) is 24.9 Å². The van der Waals surface area contributed by atoms with Gasteiger partial charge in [-0.1, -0.05) is 19.3 Å². The van der Waals surface area contributed by atoms with Crippen LogP contribution < -0.4 is 5.32 Å². The molecule has 0 spiro atoms. The van der Waals surface area contributed by atoms with Gasteiger partial charge < -0.3 is 20.1 Å². The molecule has 1 saturated carbocycles. The van der Waals surface area contributed by atoms with Crippen LogP contribution in [0.2, 0.25) is 0 Å². The molecule has 1 aromatic heterocycles. The van der Waals surface area contributed by atoms with Gasteiger partial charge in [-0.15, -0.1) is 0 Å². The van der Waals surface area contributed by atoms with Crippen molar-refractivity contribution in [1.29, 1.82) is 0 Å². The van der Waals surface area contributed by atoms with Crippen LogP contribution in [0.3, 0.4) is 0 Å². The number of aliphatic hydroxyl groups excluding tert-OH is 1. The highest BCUT2D eigenvalue weighted by Gasteiger charge is 2.35. The number of hydrogen-bond donors (Lipinski definition) is 2. The van der Waals surface area contributed by atoms with Gasteiger partial charge in [-0.3, -0.25) is 4.98 Å². The SMILES string of the molecule is COC(=O)/C=C/c1cnc(N[C@@H]2CCN(CC3(CO)CCCCC3)C2)cn1. The molecule has 0 radical (unpaired) electrons. The molecule has 1 atom stereocenters. The van der Waals surface area contributed by atoms with E-state index in [0.717, 1.165) is 44.7 Å². The van der Waals surface area contributed by atoms with Crippen molar-refractivity contribution in [1.82, 2.24) is 14.9 Å². The first-order valence-corrected chi connectivity index (χ1v) is 9.80. The van der Waals surface area contributed by atoms with Crippen molar-refractivity contribution in [3.63, 3.8) is 0 Å². The fourth-order valence-corrected chi connectivity index (χ4v) is 4.17. The lowest BCUT2D eigenvalue weighted by atomic mass is 9.74. The minimum Gasteiger partial charge on any atom is -0.466 e. The second-order valence-corrected chi connectivity index (χ2v) is 7.77. The maximum absolute atomic E-state index is 11.1. The van der Waals surface area contributed by atoms with E-state index < -0.39 is 5.97 Å². The highest BCUT2D eigenvalue weighted by Crippen LogP contribution is 2.37. The molecular formula is C20H30N4O3. The third-order valence-electron chi connectivity index (χ3n) is 5.70. The molecule has 7 nitrogen and oxygen atoms in total. The molecule has 0 unspecified atom stereocenters. The second-order valence-electron chi connectivity index (χ2n) is 7.77. The van der Waals surface area contributed by atoms with Crippen LogP contribution in [0.1, 0.15) is 44.2 Å². The van der Waals surface area contributed by atoms with E-state index in [1.54, 1.807) is 18.5 Å². The van der Waals surface area contributed by atoms with E-state index in [4.69, 9.17) is 0 Å². The van der Waals surface area contributed by atoms with Crippen LogP contribution in [0.15, 0.2) is 18.5 Å². The topological polar surface area (TPSA) is 87.6 Å². The lowest BCUT2D eigenvalue weighted by Crippen LogP contribution is -2.41. The largest absolute Gasteiger partial charge is 0.466 e. The smallest absolute Gasteiger partial charge is 0.330 e. The van der Waals surface area contributed by atoms with Crippen molar-refractivity contribution in [3.05, 3.63) is 24.2 Å². The maximum Gasteiger partial charge on any atom is 0.330 e. The van der Waals surface area contributed by atoms with E-state index in [1.807, 2.05) is 0 Å². The Balaban J connectivity index is 1.49. The highest BCUT2D eigenvalue weighted by molar-refractivity contribution is 5.86. The van der Waals surface area contributed by atoms with E-state index in [-0.39, 0.29) is 5.41 Å². The van der Waals surface area contributed by atoms with Gasteiger partial charge in [0.25, 0.3) is 0 Å². The molecule has 0 aromatic carbocycles. The number of anilines is 1. The molecule has 2 aliphatic rings. The summed E-state index contributed by atoms with van der Waals surface area (Å²) in [6.45, 7) is 3.30. The molecule has 1 aromatic rings.